The quantitative estimate of drug-likeness (QED) is 0.520. The molecule has 1 heterocycles. The molecule has 34 heavy (non-hydrogen) atoms. The maximum absolute atomic E-state index is 13.9. The van der Waals surface area contributed by atoms with Gasteiger partial charge in [0.25, 0.3) is 0 Å². The number of carbonyl (C=O) groups is 1. The molecule has 0 aliphatic carbocycles. The first kappa shape index (κ1) is 23.9. The Hall–Kier alpha value is -3.29. The minimum absolute atomic E-state index is 0.0935. The zero-order chi connectivity index (χ0) is 23.9. The first-order valence-electron chi connectivity index (χ1n) is 11.5. The van der Waals surface area contributed by atoms with Crippen LogP contribution in [0.25, 0.3) is 0 Å². The van der Waals surface area contributed by atoms with Crippen molar-refractivity contribution >= 4 is 11.7 Å². The van der Waals surface area contributed by atoms with E-state index in [0.29, 0.717) is 31.8 Å². The van der Waals surface area contributed by atoms with Gasteiger partial charge in [-0.2, -0.15) is 0 Å². The Kier molecular flexibility index (Phi) is 7.87. The lowest BCUT2D eigenvalue weighted by molar-refractivity contribution is 0.0496. The zero-order valence-electron chi connectivity index (χ0n) is 19.2. The lowest BCUT2D eigenvalue weighted by Crippen LogP contribution is -2.50. The van der Waals surface area contributed by atoms with Gasteiger partial charge < -0.3 is 15.0 Å². The number of hydrogen-bond donors (Lipinski definition) is 1. The number of carbonyl (C=O) groups excluding carboxylic acids is 1. The van der Waals surface area contributed by atoms with Gasteiger partial charge in [-0.1, -0.05) is 48.5 Å². The fourth-order valence-corrected chi connectivity index (χ4v) is 4.09. The molecular weight excluding hydrogens is 436 g/mol. The predicted molar refractivity (Wildman–Crippen MR) is 129 cm³/mol. The van der Waals surface area contributed by atoms with Crippen molar-refractivity contribution in [3.05, 3.63) is 101 Å². The summed E-state index contributed by atoms with van der Waals surface area (Å²) in [5.41, 5.74) is 3.35. The summed E-state index contributed by atoms with van der Waals surface area (Å²) in [7, 11) is 0. The number of urea groups is 1. The van der Waals surface area contributed by atoms with Crippen molar-refractivity contribution in [1.82, 2.24) is 9.80 Å². The molecule has 0 spiro atoms. The normalized spacial score (nSPS) is 15.2. The zero-order valence-corrected chi connectivity index (χ0v) is 19.2. The van der Waals surface area contributed by atoms with Crippen molar-refractivity contribution in [2.75, 3.05) is 44.6 Å². The summed E-state index contributed by atoms with van der Waals surface area (Å²) in [4.78, 5) is 16.6. The van der Waals surface area contributed by atoms with Crippen molar-refractivity contribution in [2.24, 2.45) is 0 Å². The van der Waals surface area contributed by atoms with E-state index >= 15 is 0 Å². The predicted octanol–water partition coefficient (Wildman–Crippen LogP) is 5.23. The minimum atomic E-state index is -0.887. The van der Waals surface area contributed by atoms with Gasteiger partial charge in [0.2, 0.25) is 0 Å². The second-order valence-electron chi connectivity index (χ2n) is 8.46. The summed E-state index contributed by atoms with van der Waals surface area (Å²) in [6.07, 6.45) is -0.488. The summed E-state index contributed by atoms with van der Waals surface area (Å²) in [5, 5.41) is 2.96. The van der Waals surface area contributed by atoms with Crippen LogP contribution in [-0.2, 0) is 4.74 Å². The average molecular weight is 466 g/mol. The fourth-order valence-electron chi connectivity index (χ4n) is 4.09. The number of benzene rings is 3. The SMILES string of the molecule is Cc1cccc(NC(=O)N2CCN(CCOC(c3ccccc3)c3ccc(F)c(F)c3)CC2)c1. The van der Waals surface area contributed by atoms with Gasteiger partial charge in [0, 0.05) is 38.4 Å². The van der Waals surface area contributed by atoms with Crippen LogP contribution in [0.4, 0.5) is 19.3 Å². The molecule has 5 nitrogen and oxygen atoms in total. The molecule has 4 rings (SSSR count). The number of amides is 2. The summed E-state index contributed by atoms with van der Waals surface area (Å²) >= 11 is 0. The molecule has 1 atom stereocenters. The summed E-state index contributed by atoms with van der Waals surface area (Å²) in [6.45, 7) is 5.84. The van der Waals surface area contributed by atoms with E-state index in [9.17, 15) is 13.6 Å². The van der Waals surface area contributed by atoms with E-state index in [1.54, 1.807) is 6.07 Å². The average Bonchev–Trinajstić information content (AvgIpc) is 2.85. The maximum atomic E-state index is 13.9. The van der Waals surface area contributed by atoms with Crippen LogP contribution in [0.5, 0.6) is 0 Å². The number of nitrogens with zero attached hydrogens (tertiary/aromatic N) is 2. The smallest absolute Gasteiger partial charge is 0.321 e. The second-order valence-corrected chi connectivity index (χ2v) is 8.46. The van der Waals surface area contributed by atoms with Gasteiger partial charge in [-0.25, -0.2) is 13.6 Å². The summed E-state index contributed by atoms with van der Waals surface area (Å²) < 4.78 is 33.4. The van der Waals surface area contributed by atoms with Gasteiger partial charge in [-0.15, -0.1) is 0 Å². The Morgan fingerprint density at radius 2 is 1.68 bits per heavy atom. The van der Waals surface area contributed by atoms with E-state index in [4.69, 9.17) is 4.74 Å². The van der Waals surface area contributed by atoms with Gasteiger partial charge >= 0.3 is 6.03 Å². The Bertz CT molecular complexity index is 1100. The molecule has 3 aromatic carbocycles. The Labute approximate surface area is 198 Å². The van der Waals surface area contributed by atoms with Crippen LogP contribution in [0.2, 0.25) is 0 Å². The van der Waals surface area contributed by atoms with Gasteiger partial charge in [-0.3, -0.25) is 4.90 Å². The Morgan fingerprint density at radius 1 is 0.912 bits per heavy atom. The number of anilines is 1. The highest BCUT2D eigenvalue weighted by atomic mass is 19.2. The molecule has 1 unspecified atom stereocenters. The van der Waals surface area contributed by atoms with Crippen molar-refractivity contribution in [1.29, 1.82) is 0 Å². The first-order valence-corrected chi connectivity index (χ1v) is 11.5. The van der Waals surface area contributed by atoms with Gasteiger partial charge in [0.1, 0.15) is 6.10 Å². The van der Waals surface area contributed by atoms with E-state index in [1.165, 1.54) is 6.07 Å². The van der Waals surface area contributed by atoms with Gasteiger partial charge in [-0.05, 0) is 47.9 Å². The molecule has 7 heteroatoms. The molecule has 0 radical (unpaired) electrons. The van der Waals surface area contributed by atoms with Crippen LogP contribution in [0, 0.1) is 18.6 Å². The van der Waals surface area contributed by atoms with Crippen LogP contribution >= 0.6 is 0 Å². The molecule has 0 saturated carbocycles. The van der Waals surface area contributed by atoms with E-state index in [-0.39, 0.29) is 6.03 Å². The van der Waals surface area contributed by atoms with Gasteiger partial charge in [0.05, 0.1) is 6.61 Å². The number of rotatable bonds is 7. The van der Waals surface area contributed by atoms with Crippen LogP contribution in [0.1, 0.15) is 22.8 Å². The highest BCUT2D eigenvalue weighted by molar-refractivity contribution is 5.89. The highest BCUT2D eigenvalue weighted by Crippen LogP contribution is 2.27. The van der Waals surface area contributed by atoms with E-state index in [0.717, 1.165) is 36.0 Å². The molecule has 2 amide bonds. The third kappa shape index (κ3) is 6.18. The number of halogens is 2. The Balaban J connectivity index is 1.29. The van der Waals surface area contributed by atoms with Gasteiger partial charge in [0.15, 0.2) is 11.6 Å². The molecule has 0 bridgehead atoms. The number of aryl methyl sites for hydroxylation is 1. The molecule has 1 fully saturated rings. The van der Waals surface area contributed by atoms with E-state index in [1.807, 2.05) is 66.4 Å². The molecule has 1 N–H and O–H groups in total. The molecule has 1 saturated heterocycles. The molecule has 3 aromatic rings. The molecule has 0 aromatic heterocycles. The van der Waals surface area contributed by atoms with Crippen LogP contribution in [0.3, 0.4) is 0 Å². The van der Waals surface area contributed by atoms with Crippen molar-refractivity contribution < 1.29 is 18.3 Å². The molecule has 178 valence electrons. The number of hydrogen-bond acceptors (Lipinski definition) is 3. The summed E-state index contributed by atoms with van der Waals surface area (Å²) in [6, 6.07) is 21.1. The number of ether oxygens (including phenoxy) is 1. The lowest BCUT2D eigenvalue weighted by atomic mass is 10.0. The highest BCUT2D eigenvalue weighted by Gasteiger charge is 2.22. The standard InChI is InChI=1S/C27H29F2N3O2/c1-20-6-5-9-23(18-20)30-27(33)32-14-12-31(13-15-32)16-17-34-26(21-7-3-2-4-8-21)22-10-11-24(28)25(29)19-22/h2-11,18-19,26H,12-17H2,1H3,(H,30,33). The number of nitrogens with one attached hydrogen (secondary N) is 1. The number of piperazine rings is 1. The fraction of sp³-hybridized carbons (Fsp3) is 0.296. The second kappa shape index (κ2) is 11.2. The monoisotopic (exact) mass is 465 g/mol. The topological polar surface area (TPSA) is 44.8 Å². The third-order valence-electron chi connectivity index (χ3n) is 5.97. The lowest BCUT2D eigenvalue weighted by Gasteiger charge is -2.35. The maximum Gasteiger partial charge on any atom is 0.321 e. The third-order valence-corrected chi connectivity index (χ3v) is 5.97. The molecular formula is C27H29F2N3O2. The minimum Gasteiger partial charge on any atom is -0.367 e. The molecule has 1 aliphatic rings. The molecule has 1 aliphatic heterocycles. The largest absolute Gasteiger partial charge is 0.367 e. The summed E-state index contributed by atoms with van der Waals surface area (Å²) in [5.74, 6) is -1.76. The Morgan fingerprint density at radius 3 is 2.38 bits per heavy atom. The van der Waals surface area contributed by atoms with Crippen molar-refractivity contribution in [2.45, 2.75) is 13.0 Å². The van der Waals surface area contributed by atoms with Crippen molar-refractivity contribution in [3.8, 4) is 0 Å². The van der Waals surface area contributed by atoms with Crippen molar-refractivity contribution in [3.63, 3.8) is 0 Å². The first-order chi connectivity index (χ1) is 16.5. The van der Waals surface area contributed by atoms with E-state index in [2.05, 4.69) is 10.2 Å². The van der Waals surface area contributed by atoms with E-state index < -0.39 is 17.7 Å². The van der Waals surface area contributed by atoms with Crippen LogP contribution in [0.15, 0.2) is 72.8 Å². The van der Waals surface area contributed by atoms with Crippen LogP contribution in [-0.4, -0.2) is 55.2 Å². The van der Waals surface area contributed by atoms with Crippen LogP contribution < -0.4 is 5.32 Å².